The van der Waals surface area contributed by atoms with Gasteiger partial charge in [-0.15, -0.1) is 0 Å². The normalized spacial score (nSPS) is 12.7. The van der Waals surface area contributed by atoms with E-state index in [-0.39, 0.29) is 6.10 Å². The Morgan fingerprint density at radius 3 is 2.80 bits per heavy atom. The molecule has 0 saturated carbocycles. The number of hydrogen-bond acceptors (Lipinski definition) is 5. The zero-order valence-corrected chi connectivity index (χ0v) is 9.62. The lowest BCUT2D eigenvalue weighted by atomic mass is 10.2. The molecule has 1 rings (SSSR count). The molecule has 0 aromatic carbocycles. The van der Waals surface area contributed by atoms with Crippen molar-refractivity contribution in [3.63, 3.8) is 0 Å². The standard InChI is InChI=1S/C10H19N3O2/c1-4-6-8(14-3)9-12-10(15-13-9)11-7-5-2/h8H,4-7H2,1-3H3,(H,11,12,13). The summed E-state index contributed by atoms with van der Waals surface area (Å²) in [7, 11) is 1.66. The van der Waals surface area contributed by atoms with Gasteiger partial charge in [0.1, 0.15) is 6.10 Å². The fraction of sp³-hybridized carbons (Fsp3) is 0.800. The van der Waals surface area contributed by atoms with E-state index in [1.54, 1.807) is 7.11 Å². The van der Waals surface area contributed by atoms with Gasteiger partial charge in [0, 0.05) is 13.7 Å². The number of nitrogens with zero attached hydrogens (tertiary/aromatic N) is 2. The van der Waals surface area contributed by atoms with Crippen molar-refractivity contribution in [2.75, 3.05) is 19.0 Å². The Labute approximate surface area is 90.2 Å². The first-order chi connectivity index (χ1) is 7.31. The third kappa shape index (κ3) is 3.51. The maximum Gasteiger partial charge on any atom is 0.321 e. The molecule has 0 aliphatic carbocycles. The first-order valence-corrected chi connectivity index (χ1v) is 5.42. The van der Waals surface area contributed by atoms with Crippen LogP contribution in [0.3, 0.4) is 0 Å². The molecule has 1 aromatic rings. The van der Waals surface area contributed by atoms with Crippen LogP contribution in [0.25, 0.3) is 0 Å². The highest BCUT2D eigenvalue weighted by Gasteiger charge is 2.16. The van der Waals surface area contributed by atoms with Gasteiger partial charge in [0.2, 0.25) is 5.82 Å². The highest BCUT2D eigenvalue weighted by atomic mass is 16.5. The quantitative estimate of drug-likeness (QED) is 0.753. The molecule has 1 aromatic heterocycles. The van der Waals surface area contributed by atoms with Crippen LogP contribution in [0.2, 0.25) is 0 Å². The fourth-order valence-electron chi connectivity index (χ4n) is 1.28. The summed E-state index contributed by atoms with van der Waals surface area (Å²) in [6, 6.07) is 0.477. The fourth-order valence-corrected chi connectivity index (χ4v) is 1.28. The molecule has 5 nitrogen and oxygen atoms in total. The first kappa shape index (κ1) is 12.0. The average molecular weight is 213 g/mol. The zero-order chi connectivity index (χ0) is 11.1. The number of nitrogens with one attached hydrogen (secondary N) is 1. The summed E-state index contributed by atoms with van der Waals surface area (Å²) in [5.41, 5.74) is 0. The summed E-state index contributed by atoms with van der Waals surface area (Å²) in [5, 5.41) is 6.93. The summed E-state index contributed by atoms with van der Waals surface area (Å²) < 4.78 is 10.3. The van der Waals surface area contributed by atoms with Gasteiger partial charge in [-0.25, -0.2) is 0 Å². The molecule has 5 heteroatoms. The lowest BCUT2D eigenvalue weighted by molar-refractivity contribution is 0.0854. The van der Waals surface area contributed by atoms with Crippen LogP contribution >= 0.6 is 0 Å². The van der Waals surface area contributed by atoms with Crippen LogP contribution in [0, 0.1) is 0 Å². The first-order valence-electron chi connectivity index (χ1n) is 5.42. The highest BCUT2D eigenvalue weighted by Crippen LogP contribution is 2.19. The molecule has 0 bridgehead atoms. The highest BCUT2D eigenvalue weighted by molar-refractivity contribution is 5.18. The second-order valence-corrected chi connectivity index (χ2v) is 3.40. The van der Waals surface area contributed by atoms with E-state index >= 15 is 0 Å². The van der Waals surface area contributed by atoms with Crippen LogP contribution in [0.5, 0.6) is 0 Å². The molecule has 0 aliphatic heterocycles. The molecule has 86 valence electrons. The van der Waals surface area contributed by atoms with Crippen molar-refractivity contribution in [1.29, 1.82) is 0 Å². The van der Waals surface area contributed by atoms with E-state index in [0.717, 1.165) is 25.8 Å². The third-order valence-corrected chi connectivity index (χ3v) is 2.09. The second kappa shape index (κ2) is 6.40. The maximum atomic E-state index is 5.28. The molecule has 1 unspecified atom stereocenters. The molecule has 0 radical (unpaired) electrons. The van der Waals surface area contributed by atoms with Crippen molar-refractivity contribution < 1.29 is 9.26 Å². The Morgan fingerprint density at radius 2 is 2.20 bits per heavy atom. The second-order valence-electron chi connectivity index (χ2n) is 3.40. The van der Waals surface area contributed by atoms with Gasteiger partial charge in [-0.2, -0.15) is 4.98 Å². The number of hydrogen-bond donors (Lipinski definition) is 1. The number of aromatic nitrogens is 2. The smallest absolute Gasteiger partial charge is 0.321 e. The molecule has 15 heavy (non-hydrogen) atoms. The van der Waals surface area contributed by atoms with Crippen molar-refractivity contribution in [2.45, 2.75) is 39.2 Å². The van der Waals surface area contributed by atoms with Gasteiger partial charge in [0.15, 0.2) is 0 Å². The Morgan fingerprint density at radius 1 is 1.40 bits per heavy atom. The predicted molar refractivity (Wildman–Crippen MR) is 57.7 cm³/mol. The third-order valence-electron chi connectivity index (χ3n) is 2.09. The monoisotopic (exact) mass is 213 g/mol. The van der Waals surface area contributed by atoms with Gasteiger partial charge in [-0.05, 0) is 12.8 Å². The number of anilines is 1. The van der Waals surface area contributed by atoms with Crippen molar-refractivity contribution >= 4 is 6.01 Å². The maximum absolute atomic E-state index is 5.28. The van der Waals surface area contributed by atoms with Gasteiger partial charge in [-0.1, -0.05) is 25.4 Å². The minimum Gasteiger partial charge on any atom is -0.373 e. The number of rotatable bonds is 7. The Bertz CT molecular complexity index is 275. The Kier molecular flexibility index (Phi) is 5.10. The molecule has 1 heterocycles. The summed E-state index contributed by atoms with van der Waals surface area (Å²) in [4.78, 5) is 4.22. The molecular weight excluding hydrogens is 194 g/mol. The minimum atomic E-state index is -0.0593. The predicted octanol–water partition coefficient (Wildman–Crippen LogP) is 2.38. The zero-order valence-electron chi connectivity index (χ0n) is 9.62. The minimum absolute atomic E-state index is 0.0593. The van der Waals surface area contributed by atoms with E-state index in [1.807, 2.05) is 0 Å². The topological polar surface area (TPSA) is 60.2 Å². The van der Waals surface area contributed by atoms with E-state index < -0.39 is 0 Å². The van der Waals surface area contributed by atoms with Gasteiger partial charge < -0.3 is 14.6 Å². The molecule has 0 aliphatic rings. The molecule has 0 saturated heterocycles. The van der Waals surface area contributed by atoms with Crippen LogP contribution in [0.1, 0.15) is 45.0 Å². The summed E-state index contributed by atoms with van der Waals surface area (Å²) in [6.45, 7) is 5.02. The average Bonchev–Trinajstić information content (AvgIpc) is 2.71. The lowest BCUT2D eigenvalue weighted by Gasteiger charge is -2.08. The molecule has 0 amide bonds. The van der Waals surface area contributed by atoms with Gasteiger partial charge in [-0.3, -0.25) is 0 Å². The van der Waals surface area contributed by atoms with Crippen LogP contribution in [-0.4, -0.2) is 23.8 Å². The van der Waals surface area contributed by atoms with Crippen molar-refractivity contribution in [1.82, 2.24) is 10.1 Å². The van der Waals surface area contributed by atoms with Crippen molar-refractivity contribution in [2.24, 2.45) is 0 Å². The molecule has 0 fully saturated rings. The van der Waals surface area contributed by atoms with E-state index in [4.69, 9.17) is 9.26 Å². The molecule has 0 spiro atoms. The Balaban J connectivity index is 2.56. The summed E-state index contributed by atoms with van der Waals surface area (Å²) in [5.74, 6) is 0.623. The SMILES string of the molecule is CCCNc1nc(C(CCC)OC)no1. The van der Waals surface area contributed by atoms with Gasteiger partial charge in [0.25, 0.3) is 0 Å². The van der Waals surface area contributed by atoms with Crippen LogP contribution in [0.4, 0.5) is 6.01 Å². The summed E-state index contributed by atoms with van der Waals surface area (Å²) in [6.07, 6.45) is 2.91. The van der Waals surface area contributed by atoms with E-state index in [2.05, 4.69) is 29.3 Å². The van der Waals surface area contributed by atoms with Gasteiger partial charge in [0.05, 0.1) is 0 Å². The molecule has 1 N–H and O–H groups in total. The van der Waals surface area contributed by atoms with Crippen molar-refractivity contribution in [3.05, 3.63) is 5.82 Å². The van der Waals surface area contributed by atoms with Crippen molar-refractivity contribution in [3.8, 4) is 0 Å². The van der Waals surface area contributed by atoms with Crippen LogP contribution in [0.15, 0.2) is 4.52 Å². The van der Waals surface area contributed by atoms with Crippen LogP contribution in [-0.2, 0) is 4.74 Å². The van der Waals surface area contributed by atoms with Gasteiger partial charge >= 0.3 is 6.01 Å². The molecule has 1 atom stereocenters. The van der Waals surface area contributed by atoms with E-state index in [0.29, 0.717) is 11.8 Å². The van der Waals surface area contributed by atoms with E-state index in [9.17, 15) is 0 Å². The Hall–Kier alpha value is -1.10. The molecular formula is C10H19N3O2. The lowest BCUT2D eigenvalue weighted by Crippen LogP contribution is -2.04. The van der Waals surface area contributed by atoms with Crippen LogP contribution < -0.4 is 5.32 Å². The largest absolute Gasteiger partial charge is 0.373 e. The van der Waals surface area contributed by atoms with E-state index in [1.165, 1.54) is 0 Å². The summed E-state index contributed by atoms with van der Waals surface area (Å²) >= 11 is 0. The number of ether oxygens (including phenoxy) is 1. The number of methoxy groups -OCH3 is 1.